The number of carbonyl (C=O) groups excluding carboxylic acids is 2. The largest absolute Gasteiger partial charge is 0.465 e. The smallest absolute Gasteiger partial charge is 0.410 e. The molecule has 1 atom stereocenters. The molecule has 1 heterocycles. The van der Waals surface area contributed by atoms with E-state index in [1.165, 1.54) is 0 Å². The minimum absolute atomic E-state index is 0.272. The first kappa shape index (κ1) is 27.6. The number of nitrogens with zero attached hydrogens (tertiary/aromatic N) is 2. The second-order valence-corrected chi connectivity index (χ2v) is 10.1. The van der Waals surface area contributed by atoms with Crippen molar-refractivity contribution >= 4 is 29.4 Å². The lowest BCUT2D eigenvalue weighted by molar-refractivity contribution is -0.144. The molecule has 0 spiro atoms. The molecule has 0 bridgehead atoms. The first-order valence-corrected chi connectivity index (χ1v) is 12.6. The molecule has 2 aromatic rings. The number of benzene rings is 2. The Kier molecular flexibility index (Phi) is 9.45. The van der Waals surface area contributed by atoms with E-state index in [9.17, 15) is 9.59 Å². The number of amides is 1. The van der Waals surface area contributed by atoms with Gasteiger partial charge in [-0.1, -0.05) is 17.7 Å². The molecule has 2 aromatic carbocycles. The number of ether oxygens (including phenoxy) is 3. The fourth-order valence-electron chi connectivity index (χ4n) is 3.83. The summed E-state index contributed by atoms with van der Waals surface area (Å²) in [6.45, 7) is 10.3. The molecule has 1 unspecified atom stereocenters. The fourth-order valence-corrected chi connectivity index (χ4v) is 4.00. The molecule has 0 aliphatic carbocycles. The third kappa shape index (κ3) is 8.03. The summed E-state index contributed by atoms with van der Waals surface area (Å²) in [7, 11) is 0. The number of anilines is 1. The Morgan fingerprint density at radius 1 is 1.06 bits per heavy atom. The highest BCUT2D eigenvalue weighted by Gasteiger charge is 2.26. The van der Waals surface area contributed by atoms with E-state index in [1.54, 1.807) is 24.0 Å². The van der Waals surface area contributed by atoms with Gasteiger partial charge in [-0.15, -0.1) is 0 Å². The van der Waals surface area contributed by atoms with Gasteiger partial charge in [-0.25, -0.2) is 4.79 Å². The Bertz CT molecular complexity index is 1030. The number of aryl methyl sites for hydroxylation is 1. The van der Waals surface area contributed by atoms with Crippen molar-refractivity contribution in [2.75, 3.05) is 37.7 Å². The van der Waals surface area contributed by atoms with E-state index in [0.29, 0.717) is 49.1 Å². The summed E-state index contributed by atoms with van der Waals surface area (Å²) in [5.74, 6) is 0.887. The van der Waals surface area contributed by atoms with Gasteiger partial charge in [0.1, 0.15) is 23.1 Å². The van der Waals surface area contributed by atoms with Crippen molar-refractivity contribution in [3.63, 3.8) is 0 Å². The highest BCUT2D eigenvalue weighted by atomic mass is 35.5. The van der Waals surface area contributed by atoms with Crippen molar-refractivity contribution in [1.29, 1.82) is 0 Å². The second-order valence-electron chi connectivity index (χ2n) is 9.70. The van der Waals surface area contributed by atoms with Gasteiger partial charge in [0.15, 0.2) is 0 Å². The van der Waals surface area contributed by atoms with E-state index in [4.69, 9.17) is 31.5 Å². The molecule has 36 heavy (non-hydrogen) atoms. The number of esters is 1. The molecule has 3 rings (SSSR count). The van der Waals surface area contributed by atoms with E-state index in [1.807, 2.05) is 51.1 Å². The molecule has 0 saturated carbocycles. The SMILES string of the molecule is CCOC(=O)C(N)CCc1ccc(Cl)cc1Oc1ccc(N2CCN(C(=O)OC(C)(C)C)CC2)cc1. The number of nitrogens with two attached hydrogens (primary N) is 1. The van der Waals surface area contributed by atoms with Crippen LogP contribution in [0, 0.1) is 0 Å². The van der Waals surface area contributed by atoms with Crippen LogP contribution in [0.15, 0.2) is 42.5 Å². The zero-order chi connectivity index (χ0) is 26.3. The standard InChI is InChI=1S/C27H36ClN3O5/c1-5-34-25(32)23(29)13-7-19-6-8-20(28)18-24(19)35-22-11-9-21(10-12-22)30-14-16-31(17-15-30)26(33)36-27(2,3)4/h6,8-12,18,23H,5,7,13-17,29H2,1-4H3. The number of hydrogen-bond acceptors (Lipinski definition) is 7. The Labute approximate surface area is 218 Å². The normalized spacial score (nSPS) is 14.8. The number of hydrogen-bond donors (Lipinski definition) is 1. The van der Waals surface area contributed by atoms with Crippen molar-refractivity contribution in [1.82, 2.24) is 4.90 Å². The molecular formula is C27H36ClN3O5. The molecule has 8 nitrogen and oxygen atoms in total. The highest BCUT2D eigenvalue weighted by Crippen LogP contribution is 2.31. The molecular weight excluding hydrogens is 482 g/mol. The maximum atomic E-state index is 12.3. The molecule has 1 amide bonds. The van der Waals surface area contributed by atoms with Gasteiger partial charge in [-0.05, 0) is 82.5 Å². The molecule has 196 valence electrons. The lowest BCUT2D eigenvalue weighted by atomic mass is 10.0. The predicted molar refractivity (Wildman–Crippen MR) is 141 cm³/mol. The van der Waals surface area contributed by atoms with Gasteiger partial charge < -0.3 is 29.7 Å². The number of piperazine rings is 1. The first-order chi connectivity index (χ1) is 17.1. The molecule has 0 aromatic heterocycles. The Morgan fingerprint density at radius 2 is 1.72 bits per heavy atom. The zero-order valence-electron chi connectivity index (χ0n) is 21.5. The van der Waals surface area contributed by atoms with Crippen molar-refractivity contribution < 1.29 is 23.8 Å². The molecule has 0 radical (unpaired) electrons. The van der Waals surface area contributed by atoms with Crippen molar-refractivity contribution in [2.45, 2.75) is 52.2 Å². The Hall–Kier alpha value is -2.97. The Morgan fingerprint density at radius 3 is 2.33 bits per heavy atom. The summed E-state index contributed by atoms with van der Waals surface area (Å²) in [5.41, 5.74) is 7.41. The quantitative estimate of drug-likeness (QED) is 0.492. The molecule has 1 saturated heterocycles. The van der Waals surface area contributed by atoms with Gasteiger partial charge in [0.25, 0.3) is 0 Å². The van der Waals surface area contributed by atoms with Crippen molar-refractivity contribution in [3.05, 3.63) is 53.1 Å². The number of rotatable bonds is 8. The summed E-state index contributed by atoms with van der Waals surface area (Å²) in [6, 6.07) is 12.6. The van der Waals surface area contributed by atoms with Gasteiger partial charge in [-0.3, -0.25) is 4.79 Å². The lowest BCUT2D eigenvalue weighted by Gasteiger charge is -2.36. The maximum absolute atomic E-state index is 12.3. The van der Waals surface area contributed by atoms with Gasteiger partial charge in [0.2, 0.25) is 0 Å². The first-order valence-electron chi connectivity index (χ1n) is 12.3. The van der Waals surface area contributed by atoms with Crippen LogP contribution >= 0.6 is 11.6 Å². The maximum Gasteiger partial charge on any atom is 0.410 e. The minimum atomic E-state index is -0.691. The van der Waals surface area contributed by atoms with Crippen molar-refractivity contribution in [3.8, 4) is 11.5 Å². The van der Waals surface area contributed by atoms with Crippen LogP contribution in [0.4, 0.5) is 10.5 Å². The topological polar surface area (TPSA) is 94.3 Å². The molecule has 1 aliphatic rings. The molecule has 1 fully saturated rings. The van der Waals surface area contributed by atoms with Gasteiger partial charge >= 0.3 is 12.1 Å². The van der Waals surface area contributed by atoms with E-state index in [-0.39, 0.29) is 6.09 Å². The van der Waals surface area contributed by atoms with Crippen molar-refractivity contribution in [2.24, 2.45) is 5.73 Å². The minimum Gasteiger partial charge on any atom is -0.465 e. The van der Waals surface area contributed by atoms with E-state index >= 15 is 0 Å². The van der Waals surface area contributed by atoms with Crippen LogP contribution in [0.3, 0.4) is 0 Å². The lowest BCUT2D eigenvalue weighted by Crippen LogP contribution is -2.50. The molecule has 2 N–H and O–H groups in total. The van der Waals surface area contributed by atoms with Crippen LogP contribution in [0.25, 0.3) is 0 Å². The van der Waals surface area contributed by atoms with Gasteiger partial charge in [-0.2, -0.15) is 0 Å². The average Bonchev–Trinajstić information content (AvgIpc) is 2.83. The number of halogens is 1. The van der Waals surface area contributed by atoms with Crippen LogP contribution in [-0.2, 0) is 20.7 Å². The average molecular weight is 518 g/mol. The summed E-state index contributed by atoms with van der Waals surface area (Å²) < 4.78 is 16.6. The molecule has 1 aliphatic heterocycles. The van der Waals surface area contributed by atoms with Crippen LogP contribution in [0.1, 0.15) is 39.7 Å². The summed E-state index contributed by atoms with van der Waals surface area (Å²) in [6.07, 6.45) is 0.712. The third-order valence-corrected chi connectivity index (χ3v) is 5.94. The van der Waals surface area contributed by atoms with E-state index in [2.05, 4.69) is 4.90 Å². The Balaban J connectivity index is 1.59. The van der Waals surface area contributed by atoms with Crippen LogP contribution in [0.2, 0.25) is 5.02 Å². The second kappa shape index (κ2) is 12.3. The highest BCUT2D eigenvalue weighted by molar-refractivity contribution is 6.30. The predicted octanol–water partition coefficient (Wildman–Crippen LogP) is 5.01. The summed E-state index contributed by atoms with van der Waals surface area (Å²) in [5, 5.41) is 0.558. The molecule has 9 heteroatoms. The van der Waals surface area contributed by atoms with E-state index in [0.717, 1.165) is 24.3 Å². The van der Waals surface area contributed by atoms with E-state index < -0.39 is 17.6 Å². The van der Waals surface area contributed by atoms with Gasteiger partial charge in [0, 0.05) is 36.9 Å². The zero-order valence-corrected chi connectivity index (χ0v) is 22.2. The summed E-state index contributed by atoms with van der Waals surface area (Å²) >= 11 is 6.21. The third-order valence-electron chi connectivity index (χ3n) is 5.70. The number of carbonyl (C=O) groups is 2. The van der Waals surface area contributed by atoms with Crippen LogP contribution in [-0.4, -0.2) is 61.4 Å². The fraction of sp³-hybridized carbons (Fsp3) is 0.481. The van der Waals surface area contributed by atoms with Crippen LogP contribution < -0.4 is 15.4 Å². The van der Waals surface area contributed by atoms with Gasteiger partial charge in [0.05, 0.1) is 6.61 Å². The summed E-state index contributed by atoms with van der Waals surface area (Å²) in [4.78, 5) is 28.1. The monoisotopic (exact) mass is 517 g/mol. The van der Waals surface area contributed by atoms with Crippen LogP contribution in [0.5, 0.6) is 11.5 Å².